The van der Waals surface area contributed by atoms with Crippen molar-refractivity contribution < 1.29 is 19.0 Å². The fourth-order valence-corrected chi connectivity index (χ4v) is 5.35. The number of halogens is 1. The Morgan fingerprint density at radius 3 is 2.86 bits per heavy atom. The monoisotopic (exact) mass is 502 g/mol. The van der Waals surface area contributed by atoms with Crippen molar-refractivity contribution in [2.75, 3.05) is 26.7 Å². The van der Waals surface area contributed by atoms with Gasteiger partial charge in [-0.25, -0.2) is 4.39 Å². The molecule has 1 saturated heterocycles. The van der Waals surface area contributed by atoms with Crippen molar-refractivity contribution >= 4 is 16.9 Å². The maximum absolute atomic E-state index is 15.5. The van der Waals surface area contributed by atoms with Crippen molar-refractivity contribution in [2.24, 2.45) is 11.8 Å². The summed E-state index contributed by atoms with van der Waals surface area (Å²) >= 11 is 0. The Morgan fingerprint density at radius 1 is 1.22 bits per heavy atom. The number of benzene rings is 2. The number of aryl methyl sites for hydroxylation is 1. The van der Waals surface area contributed by atoms with E-state index >= 15 is 4.39 Å². The van der Waals surface area contributed by atoms with Crippen LogP contribution in [0.1, 0.15) is 55.0 Å². The van der Waals surface area contributed by atoms with Crippen LogP contribution in [-0.4, -0.2) is 47.7 Å². The molecule has 1 aliphatic heterocycles. The van der Waals surface area contributed by atoms with Gasteiger partial charge in [-0.3, -0.25) is 14.7 Å². The maximum Gasteiger partial charge on any atom is 0.303 e. The highest BCUT2D eigenvalue weighted by Gasteiger charge is 2.30. The van der Waals surface area contributed by atoms with Gasteiger partial charge in [-0.1, -0.05) is 24.0 Å². The third-order valence-electron chi connectivity index (χ3n) is 7.37. The normalized spacial score (nSPS) is 18.7. The van der Waals surface area contributed by atoms with Gasteiger partial charge in [0.05, 0.1) is 19.2 Å². The van der Waals surface area contributed by atoms with E-state index in [1.54, 1.807) is 19.4 Å². The largest absolute Gasteiger partial charge is 0.497 e. The van der Waals surface area contributed by atoms with Gasteiger partial charge in [-0.05, 0) is 98.5 Å². The SMILES string of the molecule is COc1ccc2nccc([C@H](F)CC[C@@H]3CCN(CC#Cc4cccc(C)c4)C[C@H]3CCC(=O)O)c2c1. The number of alkyl halides is 1. The summed E-state index contributed by atoms with van der Waals surface area (Å²) in [4.78, 5) is 18.0. The number of carbonyl (C=O) groups is 1. The third kappa shape index (κ3) is 7.30. The van der Waals surface area contributed by atoms with E-state index in [0.29, 0.717) is 36.6 Å². The second kappa shape index (κ2) is 12.7. The second-order valence-corrected chi connectivity index (χ2v) is 9.98. The molecule has 1 N–H and O–H groups in total. The van der Waals surface area contributed by atoms with Gasteiger partial charge in [0.25, 0.3) is 0 Å². The van der Waals surface area contributed by atoms with Crippen molar-refractivity contribution in [3.63, 3.8) is 0 Å². The average Bonchev–Trinajstić information content (AvgIpc) is 2.90. The standard InChI is InChI=1S/C31H35FN2O3/c1-22-5-3-6-23(19-22)7-4-17-34-18-15-24(25(21-34)9-13-31(35)36)8-11-29(32)27-14-16-33-30-12-10-26(37-2)20-28(27)30/h3,5-6,10,12,14,16,19-20,24-25,29H,8-9,11,13,15,17-18,21H2,1-2H3,(H,35,36)/t24-,25-,29-/m1/s1. The molecular weight excluding hydrogens is 467 g/mol. The number of rotatable bonds is 9. The minimum absolute atomic E-state index is 0.137. The van der Waals surface area contributed by atoms with Crippen molar-refractivity contribution in [1.82, 2.24) is 9.88 Å². The number of methoxy groups -OCH3 is 1. The predicted octanol–water partition coefficient (Wildman–Crippen LogP) is 6.20. The lowest BCUT2D eigenvalue weighted by atomic mass is 9.79. The van der Waals surface area contributed by atoms with E-state index in [1.807, 2.05) is 30.3 Å². The molecule has 0 aliphatic carbocycles. The number of likely N-dealkylation sites (tertiary alicyclic amines) is 1. The topological polar surface area (TPSA) is 62.7 Å². The predicted molar refractivity (Wildman–Crippen MR) is 144 cm³/mol. The van der Waals surface area contributed by atoms with Gasteiger partial charge >= 0.3 is 5.97 Å². The molecule has 194 valence electrons. The van der Waals surface area contributed by atoms with E-state index < -0.39 is 12.1 Å². The average molecular weight is 503 g/mol. The van der Waals surface area contributed by atoms with Gasteiger partial charge < -0.3 is 9.84 Å². The summed E-state index contributed by atoms with van der Waals surface area (Å²) in [7, 11) is 1.60. The molecule has 0 bridgehead atoms. The first-order valence-corrected chi connectivity index (χ1v) is 13.0. The number of pyridine rings is 1. The van der Waals surface area contributed by atoms with Crippen LogP contribution in [0.2, 0.25) is 0 Å². The van der Waals surface area contributed by atoms with Gasteiger partial charge in [-0.2, -0.15) is 0 Å². The number of hydrogen-bond acceptors (Lipinski definition) is 4. The van der Waals surface area contributed by atoms with E-state index in [9.17, 15) is 9.90 Å². The summed E-state index contributed by atoms with van der Waals surface area (Å²) in [5.74, 6) is 6.93. The van der Waals surface area contributed by atoms with Crippen molar-refractivity contribution in [3.8, 4) is 17.6 Å². The molecular formula is C31H35FN2O3. The highest BCUT2D eigenvalue weighted by molar-refractivity contribution is 5.83. The fourth-order valence-electron chi connectivity index (χ4n) is 5.35. The summed E-state index contributed by atoms with van der Waals surface area (Å²) in [6.45, 7) is 4.40. The first-order valence-electron chi connectivity index (χ1n) is 13.0. The molecule has 0 saturated carbocycles. The van der Waals surface area contributed by atoms with Crippen molar-refractivity contribution in [3.05, 3.63) is 71.4 Å². The van der Waals surface area contributed by atoms with Gasteiger partial charge in [0.1, 0.15) is 11.9 Å². The number of carboxylic acids is 1. The number of hydrogen-bond donors (Lipinski definition) is 1. The first kappa shape index (κ1) is 26.6. The van der Waals surface area contributed by atoms with Crippen molar-refractivity contribution in [2.45, 2.75) is 45.2 Å². The quantitative estimate of drug-likeness (QED) is 0.353. The molecule has 1 aliphatic rings. The molecule has 1 fully saturated rings. The molecule has 0 spiro atoms. The van der Waals surface area contributed by atoms with E-state index in [4.69, 9.17) is 4.74 Å². The molecule has 2 aromatic carbocycles. The molecule has 6 heteroatoms. The van der Waals surface area contributed by atoms with Gasteiger partial charge in [-0.15, -0.1) is 0 Å². The Morgan fingerprint density at radius 2 is 2.08 bits per heavy atom. The Labute approximate surface area is 218 Å². The summed E-state index contributed by atoms with van der Waals surface area (Å²) in [6.07, 6.45) is 3.33. The van der Waals surface area contributed by atoms with Gasteiger partial charge in [0.2, 0.25) is 0 Å². The Kier molecular flexibility index (Phi) is 9.14. The number of aromatic nitrogens is 1. The number of carboxylic acid groups (broad SMARTS) is 1. The lowest BCUT2D eigenvalue weighted by Gasteiger charge is -2.38. The van der Waals surface area contributed by atoms with Gasteiger partial charge in [0, 0.05) is 30.1 Å². The summed E-state index contributed by atoms with van der Waals surface area (Å²) in [5.41, 5.74) is 3.58. The van der Waals surface area contributed by atoms with Crippen LogP contribution in [0, 0.1) is 30.6 Å². The summed E-state index contributed by atoms with van der Waals surface area (Å²) in [6, 6.07) is 15.4. The van der Waals surface area contributed by atoms with Crippen LogP contribution in [0.15, 0.2) is 54.7 Å². The molecule has 0 radical (unpaired) electrons. The minimum atomic E-state index is -1.11. The molecule has 0 amide bonds. The van der Waals surface area contributed by atoms with E-state index in [0.717, 1.165) is 42.4 Å². The van der Waals surface area contributed by atoms with Crippen LogP contribution < -0.4 is 4.74 Å². The molecule has 0 unspecified atom stereocenters. The molecule has 3 aromatic rings. The van der Waals surface area contributed by atoms with Crippen LogP contribution >= 0.6 is 0 Å². The van der Waals surface area contributed by atoms with Crippen LogP contribution in [-0.2, 0) is 4.79 Å². The smallest absolute Gasteiger partial charge is 0.303 e. The van der Waals surface area contributed by atoms with E-state index in [2.05, 4.69) is 40.8 Å². The molecule has 4 rings (SSSR count). The highest BCUT2D eigenvalue weighted by Crippen LogP contribution is 2.36. The zero-order valence-corrected chi connectivity index (χ0v) is 21.6. The molecule has 3 atom stereocenters. The number of piperidine rings is 1. The Bertz CT molecular complexity index is 1280. The second-order valence-electron chi connectivity index (χ2n) is 9.98. The van der Waals surface area contributed by atoms with E-state index in [1.165, 1.54) is 5.56 Å². The summed E-state index contributed by atoms with van der Waals surface area (Å²) in [5, 5.41) is 10.1. The fraction of sp³-hybridized carbons (Fsp3) is 0.419. The zero-order valence-electron chi connectivity index (χ0n) is 21.6. The lowest BCUT2D eigenvalue weighted by molar-refractivity contribution is -0.137. The van der Waals surface area contributed by atoms with E-state index in [-0.39, 0.29) is 12.3 Å². The maximum atomic E-state index is 15.5. The number of nitrogens with zero attached hydrogens (tertiary/aromatic N) is 2. The first-order chi connectivity index (χ1) is 17.9. The summed E-state index contributed by atoms with van der Waals surface area (Å²) < 4.78 is 20.9. The Balaban J connectivity index is 1.39. The number of aliphatic carboxylic acids is 1. The number of fused-ring (bicyclic) bond motifs is 1. The van der Waals surface area contributed by atoms with Crippen LogP contribution in [0.3, 0.4) is 0 Å². The molecule has 37 heavy (non-hydrogen) atoms. The molecule has 5 nitrogen and oxygen atoms in total. The van der Waals surface area contributed by atoms with Gasteiger partial charge in [0.15, 0.2) is 0 Å². The number of ether oxygens (including phenoxy) is 1. The van der Waals surface area contributed by atoms with Crippen LogP contribution in [0.4, 0.5) is 4.39 Å². The Hall–Kier alpha value is -3.43. The van der Waals surface area contributed by atoms with Crippen molar-refractivity contribution in [1.29, 1.82) is 0 Å². The minimum Gasteiger partial charge on any atom is -0.497 e. The van der Waals surface area contributed by atoms with Crippen LogP contribution in [0.25, 0.3) is 10.9 Å². The zero-order chi connectivity index (χ0) is 26.2. The molecule has 1 aromatic heterocycles. The third-order valence-corrected chi connectivity index (χ3v) is 7.37. The lowest BCUT2D eigenvalue weighted by Crippen LogP contribution is -2.41. The van der Waals surface area contributed by atoms with Crippen LogP contribution in [0.5, 0.6) is 5.75 Å². The highest BCUT2D eigenvalue weighted by atomic mass is 19.1. The molecule has 2 heterocycles.